The van der Waals surface area contributed by atoms with Gasteiger partial charge in [-0.05, 0) is 25.7 Å². The highest BCUT2D eigenvalue weighted by atomic mass is 32.2. The van der Waals surface area contributed by atoms with Crippen molar-refractivity contribution in [2.75, 3.05) is 0 Å². The molecular formula is C12H21N5O3S. The lowest BCUT2D eigenvalue weighted by Crippen LogP contribution is -2.49. The number of hydrogen-bond acceptors (Lipinski definition) is 5. The summed E-state index contributed by atoms with van der Waals surface area (Å²) in [5.41, 5.74) is 6.14. The van der Waals surface area contributed by atoms with Crippen molar-refractivity contribution < 1.29 is 13.6 Å². The Kier molecular flexibility index (Phi) is 4.84. The van der Waals surface area contributed by atoms with Crippen LogP contribution in [0.3, 0.4) is 0 Å². The first-order chi connectivity index (χ1) is 9.95. The predicted octanol–water partition coefficient (Wildman–Crippen LogP) is 0.692. The molecule has 21 heavy (non-hydrogen) atoms. The Bertz CT molecular complexity index is 604. The number of aromatic nitrogens is 2. The fourth-order valence-corrected chi connectivity index (χ4v) is 4.18. The summed E-state index contributed by atoms with van der Waals surface area (Å²) < 4.78 is 27.4. The maximum atomic E-state index is 12.4. The zero-order valence-electron chi connectivity index (χ0n) is 11.9. The Morgan fingerprint density at radius 2 is 2.19 bits per heavy atom. The number of sulfonamides is 1. The Balaban J connectivity index is 2.24. The largest absolute Gasteiger partial charge is 0.409 e. The fourth-order valence-electron chi connectivity index (χ4n) is 2.77. The van der Waals surface area contributed by atoms with Crippen LogP contribution in [-0.4, -0.2) is 35.7 Å². The van der Waals surface area contributed by atoms with Gasteiger partial charge in [0, 0.05) is 0 Å². The van der Waals surface area contributed by atoms with E-state index in [1.807, 2.05) is 0 Å². The molecule has 1 aromatic heterocycles. The van der Waals surface area contributed by atoms with Gasteiger partial charge in [-0.2, -0.15) is 9.82 Å². The topological polar surface area (TPSA) is 133 Å². The summed E-state index contributed by atoms with van der Waals surface area (Å²) in [7, 11) is -3.77. The molecule has 1 aromatic rings. The van der Waals surface area contributed by atoms with Gasteiger partial charge < -0.3 is 10.9 Å². The van der Waals surface area contributed by atoms with Crippen LogP contribution in [0.5, 0.6) is 0 Å². The molecule has 0 radical (unpaired) electrons. The van der Waals surface area contributed by atoms with E-state index in [1.54, 1.807) is 6.92 Å². The highest BCUT2D eigenvalue weighted by molar-refractivity contribution is 7.89. The zero-order chi connectivity index (χ0) is 15.5. The molecule has 1 heterocycles. The molecule has 1 aliphatic rings. The summed E-state index contributed by atoms with van der Waals surface area (Å²) in [5.74, 6) is -0.0664. The third-order valence-corrected chi connectivity index (χ3v) is 5.47. The van der Waals surface area contributed by atoms with E-state index in [-0.39, 0.29) is 16.6 Å². The molecule has 0 saturated heterocycles. The number of nitrogens with one attached hydrogen (secondary N) is 2. The van der Waals surface area contributed by atoms with E-state index in [0.29, 0.717) is 5.69 Å². The van der Waals surface area contributed by atoms with Crippen LogP contribution in [0, 0.1) is 12.8 Å². The highest BCUT2D eigenvalue weighted by Crippen LogP contribution is 2.27. The van der Waals surface area contributed by atoms with Crippen molar-refractivity contribution in [1.82, 2.24) is 14.9 Å². The van der Waals surface area contributed by atoms with Gasteiger partial charge in [-0.1, -0.05) is 24.4 Å². The maximum Gasteiger partial charge on any atom is 0.244 e. The lowest BCUT2D eigenvalue weighted by molar-refractivity contribution is 0.297. The summed E-state index contributed by atoms with van der Waals surface area (Å²) in [6, 6.07) is -0.699. The average molecular weight is 315 g/mol. The van der Waals surface area contributed by atoms with Crippen molar-refractivity contribution in [3.05, 3.63) is 11.9 Å². The van der Waals surface area contributed by atoms with E-state index in [2.05, 4.69) is 20.1 Å². The van der Waals surface area contributed by atoms with Gasteiger partial charge in [0.2, 0.25) is 10.0 Å². The number of nitrogens with two attached hydrogens (primary N) is 1. The van der Waals surface area contributed by atoms with Gasteiger partial charge in [-0.3, -0.25) is 5.10 Å². The molecule has 1 unspecified atom stereocenters. The minimum absolute atomic E-state index is 0.0385. The molecule has 0 spiro atoms. The van der Waals surface area contributed by atoms with Gasteiger partial charge in [0.25, 0.3) is 0 Å². The summed E-state index contributed by atoms with van der Waals surface area (Å²) in [6.07, 6.45) is 6.13. The van der Waals surface area contributed by atoms with Gasteiger partial charge in [0.15, 0.2) is 5.84 Å². The molecule has 8 nitrogen and oxygen atoms in total. The van der Waals surface area contributed by atoms with Crippen LogP contribution in [0.2, 0.25) is 0 Å². The predicted molar refractivity (Wildman–Crippen MR) is 77.4 cm³/mol. The molecule has 0 bridgehead atoms. The zero-order valence-corrected chi connectivity index (χ0v) is 12.7. The number of amidine groups is 1. The number of aryl methyl sites for hydroxylation is 1. The molecule has 118 valence electrons. The van der Waals surface area contributed by atoms with E-state index in [9.17, 15) is 8.42 Å². The second kappa shape index (κ2) is 6.44. The van der Waals surface area contributed by atoms with E-state index in [0.717, 1.165) is 32.1 Å². The van der Waals surface area contributed by atoms with Crippen LogP contribution >= 0.6 is 0 Å². The Morgan fingerprint density at radius 3 is 2.71 bits per heavy atom. The molecule has 0 amide bonds. The van der Waals surface area contributed by atoms with Crippen LogP contribution in [0.25, 0.3) is 0 Å². The molecule has 1 atom stereocenters. The van der Waals surface area contributed by atoms with Crippen LogP contribution in [0.4, 0.5) is 0 Å². The lowest BCUT2D eigenvalue weighted by Gasteiger charge is -2.29. The smallest absolute Gasteiger partial charge is 0.244 e. The molecule has 1 aliphatic carbocycles. The SMILES string of the molecule is Cc1[nH]ncc1S(=O)(=O)NC(/C(N)=N/O)C1CCCCC1. The summed E-state index contributed by atoms with van der Waals surface area (Å²) in [6.45, 7) is 1.63. The average Bonchev–Trinajstić information content (AvgIpc) is 2.92. The van der Waals surface area contributed by atoms with Crippen molar-refractivity contribution in [3.8, 4) is 0 Å². The monoisotopic (exact) mass is 315 g/mol. The summed E-state index contributed by atoms with van der Waals surface area (Å²) in [5, 5.41) is 18.2. The molecule has 1 fully saturated rings. The van der Waals surface area contributed by atoms with Crippen molar-refractivity contribution in [2.24, 2.45) is 16.8 Å². The summed E-state index contributed by atoms with van der Waals surface area (Å²) >= 11 is 0. The standard InChI is InChI=1S/C12H21N5O3S/c1-8-10(7-14-15-8)21(19,20)17-11(12(13)16-18)9-5-3-2-4-6-9/h7,9,11,17-18H,2-6H2,1H3,(H2,13,16)(H,14,15). The minimum Gasteiger partial charge on any atom is -0.409 e. The van der Waals surface area contributed by atoms with E-state index < -0.39 is 16.1 Å². The Labute approximate surface area is 123 Å². The van der Waals surface area contributed by atoms with E-state index >= 15 is 0 Å². The molecule has 2 rings (SSSR count). The molecule has 9 heteroatoms. The number of rotatable bonds is 5. The van der Waals surface area contributed by atoms with Crippen molar-refractivity contribution in [3.63, 3.8) is 0 Å². The molecule has 5 N–H and O–H groups in total. The van der Waals surface area contributed by atoms with Gasteiger partial charge in [0.05, 0.1) is 17.9 Å². The van der Waals surface area contributed by atoms with Gasteiger partial charge in [-0.15, -0.1) is 0 Å². The summed E-state index contributed by atoms with van der Waals surface area (Å²) in [4.78, 5) is 0.0778. The number of nitrogens with zero attached hydrogens (tertiary/aromatic N) is 2. The molecule has 1 saturated carbocycles. The third kappa shape index (κ3) is 3.53. The Hall–Kier alpha value is -1.61. The van der Waals surface area contributed by atoms with Crippen LogP contribution in [0.15, 0.2) is 16.2 Å². The van der Waals surface area contributed by atoms with Gasteiger partial charge in [-0.25, -0.2) is 8.42 Å². The van der Waals surface area contributed by atoms with E-state index in [1.165, 1.54) is 6.20 Å². The molecular weight excluding hydrogens is 294 g/mol. The third-order valence-electron chi connectivity index (χ3n) is 3.91. The van der Waals surface area contributed by atoms with Crippen molar-refractivity contribution in [2.45, 2.75) is 50.0 Å². The van der Waals surface area contributed by atoms with Crippen LogP contribution in [-0.2, 0) is 10.0 Å². The lowest BCUT2D eigenvalue weighted by atomic mass is 9.84. The number of aromatic amines is 1. The first-order valence-corrected chi connectivity index (χ1v) is 8.43. The van der Waals surface area contributed by atoms with Crippen LogP contribution in [0.1, 0.15) is 37.8 Å². The fraction of sp³-hybridized carbons (Fsp3) is 0.667. The molecule has 0 aromatic carbocycles. The second-order valence-corrected chi connectivity index (χ2v) is 7.06. The minimum atomic E-state index is -3.77. The quantitative estimate of drug-likeness (QED) is 0.274. The van der Waals surface area contributed by atoms with Crippen LogP contribution < -0.4 is 10.5 Å². The van der Waals surface area contributed by atoms with Crippen molar-refractivity contribution >= 4 is 15.9 Å². The first-order valence-electron chi connectivity index (χ1n) is 6.95. The normalized spacial score (nSPS) is 19.6. The highest BCUT2D eigenvalue weighted by Gasteiger charge is 2.32. The number of H-pyrrole nitrogens is 1. The molecule has 0 aliphatic heterocycles. The van der Waals surface area contributed by atoms with Gasteiger partial charge in [0.1, 0.15) is 4.90 Å². The maximum absolute atomic E-state index is 12.4. The first kappa shape index (κ1) is 15.8. The number of hydrogen-bond donors (Lipinski definition) is 4. The second-order valence-electron chi connectivity index (χ2n) is 5.38. The number of oxime groups is 1. The Morgan fingerprint density at radius 1 is 1.52 bits per heavy atom. The van der Waals surface area contributed by atoms with Crippen molar-refractivity contribution in [1.29, 1.82) is 0 Å². The van der Waals surface area contributed by atoms with Gasteiger partial charge >= 0.3 is 0 Å². The van der Waals surface area contributed by atoms with E-state index in [4.69, 9.17) is 10.9 Å².